The molecule has 0 radical (unpaired) electrons. The number of hydrogen-bond donors (Lipinski definition) is 1. The van der Waals surface area contributed by atoms with Gasteiger partial charge in [-0.05, 0) is 24.3 Å². The summed E-state index contributed by atoms with van der Waals surface area (Å²) in [6.07, 6.45) is -0.570. The highest BCUT2D eigenvalue weighted by Gasteiger charge is 2.28. The first-order valence-electron chi connectivity index (χ1n) is 8.56. The zero-order valence-electron chi connectivity index (χ0n) is 14.7. The zero-order chi connectivity index (χ0) is 18.5. The summed E-state index contributed by atoms with van der Waals surface area (Å²) in [4.78, 5) is 27.7. The van der Waals surface area contributed by atoms with Crippen LogP contribution in [0.25, 0.3) is 0 Å². The number of carboxylic acid groups (broad SMARTS) is 1. The first kappa shape index (κ1) is 17.9. The molecule has 1 N–H and O–H groups in total. The van der Waals surface area contributed by atoms with E-state index in [0.29, 0.717) is 18.7 Å². The van der Waals surface area contributed by atoms with Crippen LogP contribution in [-0.2, 0) is 9.53 Å². The maximum atomic E-state index is 13.1. The number of benzene rings is 2. The molecule has 1 heterocycles. The highest BCUT2D eigenvalue weighted by molar-refractivity contribution is 6.00. The summed E-state index contributed by atoms with van der Waals surface area (Å²) >= 11 is 0. The second-order valence-corrected chi connectivity index (χ2v) is 6.25. The quantitative estimate of drug-likeness (QED) is 0.894. The van der Waals surface area contributed by atoms with E-state index in [1.807, 2.05) is 60.5 Å². The Balaban J connectivity index is 1.83. The van der Waals surface area contributed by atoms with E-state index in [4.69, 9.17) is 9.84 Å². The molecular formula is C20H22N2O4. The van der Waals surface area contributed by atoms with Gasteiger partial charge in [0.15, 0.2) is 0 Å². The van der Waals surface area contributed by atoms with Crippen molar-refractivity contribution in [2.24, 2.45) is 0 Å². The minimum absolute atomic E-state index is 0.102. The number of ether oxygens (including phenoxy) is 1. The lowest BCUT2D eigenvalue weighted by Crippen LogP contribution is -2.46. The Morgan fingerprint density at radius 2 is 1.85 bits per heavy atom. The first-order valence-corrected chi connectivity index (χ1v) is 8.56. The normalized spacial score (nSPS) is 17.0. The van der Waals surface area contributed by atoms with Crippen LogP contribution in [0.15, 0.2) is 54.6 Å². The van der Waals surface area contributed by atoms with E-state index in [-0.39, 0.29) is 18.9 Å². The molecule has 2 aromatic rings. The summed E-state index contributed by atoms with van der Waals surface area (Å²) in [6, 6.07) is 17.3. The topological polar surface area (TPSA) is 70.1 Å². The van der Waals surface area contributed by atoms with E-state index in [0.717, 1.165) is 11.4 Å². The third-order valence-corrected chi connectivity index (χ3v) is 4.47. The van der Waals surface area contributed by atoms with Crippen LogP contribution >= 0.6 is 0 Å². The number of carboxylic acids is 1. The summed E-state index contributed by atoms with van der Waals surface area (Å²) in [7, 11) is 1.92. The summed E-state index contributed by atoms with van der Waals surface area (Å²) < 4.78 is 5.47. The summed E-state index contributed by atoms with van der Waals surface area (Å²) in [6.45, 7) is 1.09. The van der Waals surface area contributed by atoms with Crippen molar-refractivity contribution in [2.45, 2.75) is 12.5 Å². The van der Waals surface area contributed by atoms with E-state index in [2.05, 4.69) is 0 Å². The Kier molecular flexibility index (Phi) is 5.53. The fourth-order valence-corrected chi connectivity index (χ4v) is 3.13. The average molecular weight is 354 g/mol. The van der Waals surface area contributed by atoms with Gasteiger partial charge in [0, 0.05) is 25.8 Å². The van der Waals surface area contributed by atoms with Gasteiger partial charge in [0.1, 0.15) is 0 Å². The molecule has 0 saturated carbocycles. The van der Waals surface area contributed by atoms with Gasteiger partial charge in [0.2, 0.25) is 0 Å². The van der Waals surface area contributed by atoms with Gasteiger partial charge >= 0.3 is 5.97 Å². The lowest BCUT2D eigenvalue weighted by molar-refractivity contribution is -0.141. The lowest BCUT2D eigenvalue weighted by Gasteiger charge is -2.33. The highest BCUT2D eigenvalue weighted by Crippen LogP contribution is 2.28. The van der Waals surface area contributed by atoms with Gasteiger partial charge in [0.05, 0.1) is 30.4 Å². The van der Waals surface area contributed by atoms with E-state index >= 15 is 0 Å². The largest absolute Gasteiger partial charge is 0.481 e. The predicted molar refractivity (Wildman–Crippen MR) is 98.8 cm³/mol. The van der Waals surface area contributed by atoms with Crippen LogP contribution in [-0.4, -0.2) is 54.7 Å². The monoisotopic (exact) mass is 354 g/mol. The Labute approximate surface area is 152 Å². The van der Waals surface area contributed by atoms with Crippen molar-refractivity contribution in [1.82, 2.24) is 4.90 Å². The smallest absolute Gasteiger partial charge is 0.306 e. The van der Waals surface area contributed by atoms with Crippen molar-refractivity contribution in [2.75, 3.05) is 31.6 Å². The van der Waals surface area contributed by atoms with Crippen molar-refractivity contribution < 1.29 is 19.4 Å². The molecule has 26 heavy (non-hydrogen) atoms. The molecule has 1 amide bonds. The van der Waals surface area contributed by atoms with Crippen molar-refractivity contribution >= 4 is 23.3 Å². The van der Waals surface area contributed by atoms with Crippen LogP contribution < -0.4 is 4.90 Å². The van der Waals surface area contributed by atoms with Crippen molar-refractivity contribution in [3.8, 4) is 0 Å². The maximum absolute atomic E-state index is 13.1. The molecule has 1 atom stereocenters. The van der Waals surface area contributed by atoms with Crippen LogP contribution in [0, 0.1) is 0 Å². The van der Waals surface area contributed by atoms with Gasteiger partial charge in [-0.15, -0.1) is 0 Å². The third-order valence-electron chi connectivity index (χ3n) is 4.47. The van der Waals surface area contributed by atoms with Crippen LogP contribution in [0.3, 0.4) is 0 Å². The Morgan fingerprint density at radius 3 is 2.58 bits per heavy atom. The third kappa shape index (κ3) is 4.03. The number of carbonyl (C=O) groups is 2. The molecule has 1 aliphatic rings. The van der Waals surface area contributed by atoms with Gasteiger partial charge in [-0.3, -0.25) is 9.59 Å². The van der Waals surface area contributed by atoms with Crippen LogP contribution in [0.5, 0.6) is 0 Å². The number of amides is 1. The van der Waals surface area contributed by atoms with Crippen LogP contribution in [0.2, 0.25) is 0 Å². The molecule has 1 aliphatic heterocycles. The Hall–Kier alpha value is -2.86. The fourth-order valence-electron chi connectivity index (χ4n) is 3.13. The fraction of sp³-hybridized carbons (Fsp3) is 0.300. The molecule has 2 aromatic carbocycles. The van der Waals surface area contributed by atoms with Crippen molar-refractivity contribution in [3.05, 3.63) is 60.2 Å². The molecule has 6 nitrogen and oxygen atoms in total. The van der Waals surface area contributed by atoms with E-state index in [1.165, 1.54) is 0 Å². The van der Waals surface area contributed by atoms with Crippen molar-refractivity contribution in [1.29, 1.82) is 0 Å². The number of carbonyl (C=O) groups excluding carboxylic acids is 1. The molecule has 0 aromatic heterocycles. The van der Waals surface area contributed by atoms with Gasteiger partial charge in [0.25, 0.3) is 5.91 Å². The van der Waals surface area contributed by atoms with E-state index in [1.54, 1.807) is 11.0 Å². The van der Waals surface area contributed by atoms with E-state index in [9.17, 15) is 9.59 Å². The average Bonchev–Trinajstić information content (AvgIpc) is 2.67. The predicted octanol–water partition coefficient (Wildman–Crippen LogP) is 2.77. The second-order valence-electron chi connectivity index (χ2n) is 6.25. The molecule has 1 saturated heterocycles. The number of rotatable bonds is 5. The van der Waals surface area contributed by atoms with Gasteiger partial charge in [-0.25, -0.2) is 0 Å². The molecule has 1 unspecified atom stereocenters. The standard InChI is InChI=1S/C20H22N2O4/c1-21(15-7-3-2-4-8-15)18-10-6-5-9-17(18)20(25)22-11-12-26-16(14-22)13-19(23)24/h2-10,16H,11-14H2,1H3,(H,23,24). The van der Waals surface area contributed by atoms with Crippen molar-refractivity contribution in [3.63, 3.8) is 0 Å². The molecule has 6 heteroatoms. The van der Waals surface area contributed by atoms with Gasteiger partial charge in [-0.1, -0.05) is 30.3 Å². The molecule has 136 valence electrons. The van der Waals surface area contributed by atoms with Crippen LogP contribution in [0.1, 0.15) is 16.8 Å². The Bertz CT molecular complexity index is 778. The SMILES string of the molecule is CN(c1ccccc1)c1ccccc1C(=O)N1CCOC(CC(=O)O)C1. The summed E-state index contributed by atoms with van der Waals surface area (Å²) in [5.41, 5.74) is 2.39. The number of para-hydroxylation sites is 2. The summed E-state index contributed by atoms with van der Waals surface area (Å²) in [5, 5.41) is 8.96. The number of anilines is 2. The molecular weight excluding hydrogens is 332 g/mol. The number of nitrogens with zero attached hydrogens (tertiary/aromatic N) is 2. The highest BCUT2D eigenvalue weighted by atomic mass is 16.5. The molecule has 0 bridgehead atoms. The lowest BCUT2D eigenvalue weighted by atomic mass is 10.1. The zero-order valence-corrected chi connectivity index (χ0v) is 14.7. The minimum Gasteiger partial charge on any atom is -0.481 e. The van der Waals surface area contributed by atoms with E-state index < -0.39 is 12.1 Å². The molecule has 0 spiro atoms. The Morgan fingerprint density at radius 1 is 1.15 bits per heavy atom. The maximum Gasteiger partial charge on any atom is 0.306 e. The van der Waals surface area contributed by atoms with Gasteiger partial charge < -0.3 is 19.6 Å². The molecule has 1 fully saturated rings. The molecule has 0 aliphatic carbocycles. The number of aliphatic carboxylic acids is 1. The van der Waals surface area contributed by atoms with Gasteiger partial charge in [-0.2, -0.15) is 0 Å². The minimum atomic E-state index is -0.923. The number of hydrogen-bond acceptors (Lipinski definition) is 4. The second kappa shape index (κ2) is 8.01. The van der Waals surface area contributed by atoms with Crippen LogP contribution in [0.4, 0.5) is 11.4 Å². The number of morpholine rings is 1. The first-order chi connectivity index (χ1) is 12.6. The summed E-state index contributed by atoms with van der Waals surface area (Å²) in [5.74, 6) is -1.03. The molecule has 3 rings (SSSR count).